The molecule has 7 nitrogen and oxygen atoms in total. The highest BCUT2D eigenvalue weighted by Gasteiger charge is 2.44. The Balaban J connectivity index is 1.28. The van der Waals surface area contributed by atoms with Crippen molar-refractivity contribution in [2.75, 3.05) is 37.7 Å². The van der Waals surface area contributed by atoms with E-state index in [9.17, 15) is 14.4 Å². The van der Waals surface area contributed by atoms with Crippen LogP contribution in [0.5, 0.6) is 0 Å². The average Bonchev–Trinajstić information content (AvgIpc) is 3.33. The van der Waals surface area contributed by atoms with E-state index in [0.29, 0.717) is 26.2 Å². The molecule has 3 atom stereocenters. The number of para-hydroxylation sites is 1. The number of amides is 3. The molecule has 1 N–H and O–H groups in total. The van der Waals surface area contributed by atoms with E-state index in [2.05, 4.69) is 11.4 Å². The predicted molar refractivity (Wildman–Crippen MR) is 111 cm³/mol. The lowest BCUT2D eigenvalue weighted by atomic mass is 9.97. The van der Waals surface area contributed by atoms with Gasteiger partial charge in [0.25, 0.3) is 0 Å². The zero-order chi connectivity index (χ0) is 20.7. The van der Waals surface area contributed by atoms with Crippen molar-refractivity contribution >= 4 is 23.4 Å². The number of hydrogen-bond donors (Lipinski definition) is 1. The molecule has 4 aliphatic rings. The summed E-state index contributed by atoms with van der Waals surface area (Å²) in [6.07, 6.45) is 3.72. The van der Waals surface area contributed by atoms with Crippen molar-refractivity contribution in [2.45, 2.75) is 38.1 Å². The normalized spacial score (nSPS) is 29.2. The van der Waals surface area contributed by atoms with E-state index in [1.165, 1.54) is 5.56 Å². The van der Waals surface area contributed by atoms with Crippen LogP contribution in [0.2, 0.25) is 0 Å². The van der Waals surface area contributed by atoms with Gasteiger partial charge in [-0.05, 0) is 49.7 Å². The van der Waals surface area contributed by atoms with Crippen molar-refractivity contribution in [2.24, 2.45) is 17.8 Å². The summed E-state index contributed by atoms with van der Waals surface area (Å²) in [5.74, 6) is 0.0871. The number of fused-ring (bicyclic) bond motifs is 2. The number of ether oxygens (including phenoxy) is 1. The van der Waals surface area contributed by atoms with Crippen LogP contribution in [0.15, 0.2) is 24.3 Å². The first-order chi connectivity index (χ1) is 14.6. The number of nitrogens with zero attached hydrogens (tertiary/aromatic N) is 2. The summed E-state index contributed by atoms with van der Waals surface area (Å²) < 4.78 is 5.37. The van der Waals surface area contributed by atoms with Crippen LogP contribution in [0.3, 0.4) is 0 Å². The molecule has 0 radical (unpaired) electrons. The summed E-state index contributed by atoms with van der Waals surface area (Å²) >= 11 is 0. The van der Waals surface area contributed by atoms with Gasteiger partial charge >= 0.3 is 0 Å². The third kappa shape index (κ3) is 3.60. The third-order valence-electron chi connectivity index (χ3n) is 7.22. The number of carbonyl (C=O) groups excluding carboxylic acids is 3. The van der Waals surface area contributed by atoms with Crippen LogP contribution < -0.4 is 10.2 Å². The monoisotopic (exact) mass is 411 g/mol. The third-order valence-corrected chi connectivity index (χ3v) is 7.22. The van der Waals surface area contributed by atoms with Crippen LogP contribution >= 0.6 is 0 Å². The highest BCUT2D eigenvalue weighted by atomic mass is 16.5. The number of carbonyl (C=O) groups is 3. The highest BCUT2D eigenvalue weighted by molar-refractivity contribution is 5.97. The molecule has 3 aliphatic heterocycles. The van der Waals surface area contributed by atoms with Crippen molar-refractivity contribution in [3.8, 4) is 0 Å². The van der Waals surface area contributed by atoms with Gasteiger partial charge < -0.3 is 19.9 Å². The Morgan fingerprint density at radius 3 is 2.67 bits per heavy atom. The Morgan fingerprint density at radius 1 is 1.03 bits per heavy atom. The van der Waals surface area contributed by atoms with Gasteiger partial charge in [0.1, 0.15) is 0 Å². The van der Waals surface area contributed by atoms with Gasteiger partial charge in [-0.2, -0.15) is 0 Å². The Labute approximate surface area is 176 Å². The average molecular weight is 412 g/mol. The van der Waals surface area contributed by atoms with Crippen LogP contribution in [0.4, 0.5) is 5.69 Å². The van der Waals surface area contributed by atoms with Crippen LogP contribution in [-0.2, 0) is 25.5 Å². The summed E-state index contributed by atoms with van der Waals surface area (Å²) in [6, 6.07) is 8.06. The molecule has 1 aromatic rings. The molecule has 7 heteroatoms. The highest BCUT2D eigenvalue weighted by Crippen LogP contribution is 2.37. The number of rotatable bonds is 2. The second-order valence-electron chi connectivity index (χ2n) is 9.08. The maximum Gasteiger partial charge on any atom is 0.239 e. The first kappa shape index (κ1) is 19.5. The summed E-state index contributed by atoms with van der Waals surface area (Å²) in [5, 5.41) is 3.09. The van der Waals surface area contributed by atoms with Crippen LogP contribution in [-0.4, -0.2) is 61.5 Å². The second kappa shape index (κ2) is 8.02. The number of nitrogens with one attached hydrogen (secondary N) is 1. The fraction of sp³-hybridized carbons (Fsp3) is 0.609. The molecule has 160 valence electrons. The van der Waals surface area contributed by atoms with Crippen molar-refractivity contribution in [3.05, 3.63) is 29.8 Å². The Bertz CT molecular complexity index is 851. The summed E-state index contributed by atoms with van der Waals surface area (Å²) in [6.45, 7) is 2.62. The van der Waals surface area contributed by atoms with Crippen molar-refractivity contribution in [3.63, 3.8) is 0 Å². The smallest absolute Gasteiger partial charge is 0.239 e. The van der Waals surface area contributed by atoms with Crippen LogP contribution in [0, 0.1) is 17.8 Å². The number of hydrogen-bond acceptors (Lipinski definition) is 4. The SMILES string of the molecule is O=C1CN(C(=O)C2CCOCC2)C[C@H]2C[C@H](C(=O)N3CCc4ccccc43)C[C@H]2N1. The van der Waals surface area contributed by atoms with Gasteiger partial charge in [-0.3, -0.25) is 14.4 Å². The maximum atomic E-state index is 13.3. The lowest BCUT2D eigenvalue weighted by Gasteiger charge is -2.29. The molecule has 30 heavy (non-hydrogen) atoms. The Kier molecular flexibility index (Phi) is 5.23. The summed E-state index contributed by atoms with van der Waals surface area (Å²) in [7, 11) is 0. The molecule has 2 saturated heterocycles. The molecule has 1 aromatic carbocycles. The minimum Gasteiger partial charge on any atom is -0.381 e. The molecule has 0 unspecified atom stereocenters. The predicted octanol–water partition coefficient (Wildman–Crippen LogP) is 1.36. The van der Waals surface area contributed by atoms with E-state index in [1.54, 1.807) is 4.90 Å². The Hall–Kier alpha value is -2.41. The molecule has 1 saturated carbocycles. The zero-order valence-corrected chi connectivity index (χ0v) is 17.2. The molecule has 0 bridgehead atoms. The number of anilines is 1. The van der Waals surface area contributed by atoms with Crippen LogP contribution in [0.25, 0.3) is 0 Å². The molecule has 0 aromatic heterocycles. The van der Waals surface area contributed by atoms with E-state index >= 15 is 0 Å². The molecule has 3 fully saturated rings. The van der Waals surface area contributed by atoms with E-state index in [0.717, 1.165) is 37.9 Å². The van der Waals surface area contributed by atoms with Crippen molar-refractivity contribution in [1.29, 1.82) is 0 Å². The molecule has 3 amide bonds. The van der Waals surface area contributed by atoms with E-state index in [1.807, 2.05) is 23.1 Å². The minimum absolute atomic E-state index is 0.0308. The molecule has 1 aliphatic carbocycles. The maximum absolute atomic E-state index is 13.3. The quantitative estimate of drug-likeness (QED) is 0.797. The first-order valence-corrected chi connectivity index (χ1v) is 11.2. The summed E-state index contributed by atoms with van der Waals surface area (Å²) in [5.41, 5.74) is 2.24. The van der Waals surface area contributed by atoms with E-state index in [-0.39, 0.29) is 48.1 Å². The van der Waals surface area contributed by atoms with Crippen LogP contribution in [0.1, 0.15) is 31.2 Å². The zero-order valence-electron chi connectivity index (χ0n) is 17.2. The van der Waals surface area contributed by atoms with Gasteiger partial charge in [0.2, 0.25) is 17.7 Å². The van der Waals surface area contributed by atoms with Gasteiger partial charge in [-0.1, -0.05) is 18.2 Å². The minimum atomic E-state index is -0.109. The van der Waals surface area contributed by atoms with Gasteiger partial charge in [-0.15, -0.1) is 0 Å². The van der Waals surface area contributed by atoms with Gasteiger partial charge in [0, 0.05) is 49.9 Å². The first-order valence-electron chi connectivity index (χ1n) is 11.2. The molecule has 3 heterocycles. The topological polar surface area (TPSA) is 79.0 Å². The molecule has 0 spiro atoms. The van der Waals surface area contributed by atoms with Gasteiger partial charge in [-0.25, -0.2) is 0 Å². The number of benzene rings is 1. The molecule has 5 rings (SSSR count). The van der Waals surface area contributed by atoms with Crippen molar-refractivity contribution < 1.29 is 19.1 Å². The van der Waals surface area contributed by atoms with Crippen molar-refractivity contribution in [1.82, 2.24) is 10.2 Å². The Morgan fingerprint density at radius 2 is 1.83 bits per heavy atom. The second-order valence-corrected chi connectivity index (χ2v) is 9.08. The molecular weight excluding hydrogens is 382 g/mol. The van der Waals surface area contributed by atoms with E-state index < -0.39 is 0 Å². The standard InChI is InChI=1S/C23H29N3O4/c27-21-14-25(22(28)16-6-9-30-10-7-16)13-18-11-17(12-19(18)24-21)23(29)26-8-5-15-3-1-2-4-20(15)26/h1-4,16-19H,5-14H2,(H,24,27)/t17-,18+,19+/m0/s1. The fourth-order valence-electron chi connectivity index (χ4n) is 5.64. The lowest BCUT2D eigenvalue weighted by molar-refractivity contribution is -0.141. The fourth-order valence-corrected chi connectivity index (χ4v) is 5.64. The van der Waals surface area contributed by atoms with E-state index in [4.69, 9.17) is 4.74 Å². The van der Waals surface area contributed by atoms with Gasteiger partial charge in [0.05, 0.1) is 6.54 Å². The van der Waals surface area contributed by atoms with Gasteiger partial charge in [0.15, 0.2) is 0 Å². The molecular formula is C23H29N3O4. The summed E-state index contributed by atoms with van der Waals surface area (Å²) in [4.78, 5) is 42.5. The largest absolute Gasteiger partial charge is 0.381 e. The lowest BCUT2D eigenvalue weighted by Crippen LogP contribution is -2.43.